The Balaban J connectivity index is 2.08. The summed E-state index contributed by atoms with van der Waals surface area (Å²) in [4.78, 5) is 3.14. The number of thiazole rings is 1. The van der Waals surface area contributed by atoms with Crippen LogP contribution in [0.4, 0.5) is 0 Å². The SMILES string of the molecule is S=c1[nH]c(-c2cccc(-n3cnnn3)c2)cs1. The molecule has 5 nitrogen and oxygen atoms in total. The molecule has 17 heavy (non-hydrogen) atoms. The van der Waals surface area contributed by atoms with Gasteiger partial charge in [-0.25, -0.2) is 4.68 Å². The van der Waals surface area contributed by atoms with Crippen LogP contribution in [0, 0.1) is 3.95 Å². The van der Waals surface area contributed by atoms with Gasteiger partial charge in [0.25, 0.3) is 0 Å². The van der Waals surface area contributed by atoms with Gasteiger partial charge in [-0.15, -0.1) is 16.4 Å². The molecule has 0 radical (unpaired) electrons. The Morgan fingerprint density at radius 1 is 1.35 bits per heavy atom. The maximum absolute atomic E-state index is 5.07. The molecular formula is C10H7N5S2. The molecular weight excluding hydrogens is 254 g/mol. The molecule has 3 rings (SSSR count). The van der Waals surface area contributed by atoms with Crippen molar-refractivity contribution in [3.63, 3.8) is 0 Å². The third kappa shape index (κ3) is 2.02. The molecule has 7 heteroatoms. The van der Waals surface area contributed by atoms with E-state index in [0.717, 1.165) is 20.9 Å². The van der Waals surface area contributed by atoms with Crippen molar-refractivity contribution < 1.29 is 0 Å². The van der Waals surface area contributed by atoms with Crippen LogP contribution in [0.5, 0.6) is 0 Å². The Kier molecular flexibility index (Phi) is 2.54. The molecule has 0 saturated carbocycles. The highest BCUT2D eigenvalue weighted by atomic mass is 32.1. The van der Waals surface area contributed by atoms with E-state index in [9.17, 15) is 0 Å². The quantitative estimate of drug-likeness (QED) is 0.720. The zero-order valence-electron chi connectivity index (χ0n) is 8.57. The smallest absolute Gasteiger partial charge is 0.158 e. The van der Waals surface area contributed by atoms with Gasteiger partial charge in [0.05, 0.1) is 11.4 Å². The molecule has 0 amide bonds. The lowest BCUT2D eigenvalue weighted by atomic mass is 10.1. The summed E-state index contributed by atoms with van der Waals surface area (Å²) < 4.78 is 2.39. The Morgan fingerprint density at radius 2 is 2.29 bits per heavy atom. The van der Waals surface area contributed by atoms with Gasteiger partial charge in [-0.05, 0) is 34.8 Å². The Hall–Kier alpha value is -1.86. The van der Waals surface area contributed by atoms with Crippen molar-refractivity contribution in [2.45, 2.75) is 0 Å². The van der Waals surface area contributed by atoms with Gasteiger partial charge in [-0.3, -0.25) is 0 Å². The molecule has 0 aliphatic heterocycles. The minimum absolute atomic E-state index is 0.771. The first-order valence-corrected chi connectivity index (χ1v) is 6.13. The van der Waals surface area contributed by atoms with Gasteiger partial charge in [0.1, 0.15) is 6.33 Å². The summed E-state index contributed by atoms with van der Waals surface area (Å²) in [5.74, 6) is 0. The number of hydrogen-bond acceptors (Lipinski definition) is 5. The van der Waals surface area contributed by atoms with Gasteiger partial charge >= 0.3 is 0 Å². The summed E-state index contributed by atoms with van der Waals surface area (Å²) in [6.07, 6.45) is 1.56. The van der Waals surface area contributed by atoms with Crippen LogP contribution in [0.15, 0.2) is 36.0 Å². The lowest BCUT2D eigenvalue weighted by molar-refractivity contribution is 0.789. The van der Waals surface area contributed by atoms with Gasteiger partial charge in [-0.1, -0.05) is 12.1 Å². The molecule has 3 aromatic rings. The van der Waals surface area contributed by atoms with Crippen LogP contribution in [0.2, 0.25) is 0 Å². The van der Waals surface area contributed by atoms with Gasteiger partial charge in [0.15, 0.2) is 3.95 Å². The number of tetrazole rings is 1. The second-order valence-electron chi connectivity index (χ2n) is 3.37. The van der Waals surface area contributed by atoms with Crippen molar-refractivity contribution in [2.24, 2.45) is 0 Å². The summed E-state index contributed by atoms with van der Waals surface area (Å²) in [6.45, 7) is 0. The molecule has 2 heterocycles. The van der Waals surface area contributed by atoms with E-state index < -0.39 is 0 Å². The monoisotopic (exact) mass is 261 g/mol. The van der Waals surface area contributed by atoms with Crippen molar-refractivity contribution in [2.75, 3.05) is 0 Å². The molecule has 0 bridgehead atoms. The van der Waals surface area contributed by atoms with Crippen LogP contribution in [0.1, 0.15) is 0 Å². The summed E-state index contributed by atoms with van der Waals surface area (Å²) >= 11 is 6.59. The van der Waals surface area contributed by atoms with E-state index >= 15 is 0 Å². The Labute approximate surface area is 106 Å². The van der Waals surface area contributed by atoms with Crippen LogP contribution in [0.3, 0.4) is 0 Å². The van der Waals surface area contributed by atoms with Crippen molar-refractivity contribution in [3.8, 4) is 16.9 Å². The molecule has 0 aliphatic rings. The van der Waals surface area contributed by atoms with E-state index in [0.29, 0.717) is 0 Å². The van der Waals surface area contributed by atoms with E-state index in [1.807, 2.05) is 29.6 Å². The molecule has 0 unspecified atom stereocenters. The Morgan fingerprint density at radius 3 is 3.00 bits per heavy atom. The predicted molar refractivity (Wildman–Crippen MR) is 67.7 cm³/mol. The van der Waals surface area contributed by atoms with E-state index in [1.54, 1.807) is 11.0 Å². The Bertz CT molecular complexity index is 683. The standard InChI is InChI=1S/C10H7N5S2/c16-10-12-9(5-17-10)7-2-1-3-8(4-7)15-6-11-13-14-15/h1-6H,(H,12,16). The second kappa shape index (κ2) is 4.19. The van der Waals surface area contributed by atoms with Crippen LogP contribution in [-0.4, -0.2) is 25.2 Å². The fourth-order valence-electron chi connectivity index (χ4n) is 1.52. The van der Waals surface area contributed by atoms with Crippen LogP contribution in [-0.2, 0) is 0 Å². The predicted octanol–water partition coefficient (Wildman–Crippen LogP) is 2.45. The molecule has 0 atom stereocenters. The van der Waals surface area contributed by atoms with Crippen LogP contribution in [0.25, 0.3) is 16.9 Å². The van der Waals surface area contributed by atoms with Gasteiger partial charge in [-0.2, -0.15) is 0 Å². The number of H-pyrrole nitrogens is 1. The molecule has 1 N–H and O–H groups in total. The lowest BCUT2D eigenvalue weighted by Crippen LogP contribution is -1.95. The number of rotatable bonds is 2. The maximum Gasteiger partial charge on any atom is 0.158 e. The highest BCUT2D eigenvalue weighted by molar-refractivity contribution is 7.73. The van der Waals surface area contributed by atoms with E-state index in [4.69, 9.17) is 12.2 Å². The van der Waals surface area contributed by atoms with Crippen molar-refractivity contribution in [1.82, 2.24) is 25.2 Å². The average molecular weight is 261 g/mol. The van der Waals surface area contributed by atoms with E-state index in [2.05, 4.69) is 20.5 Å². The van der Waals surface area contributed by atoms with Crippen LogP contribution >= 0.6 is 23.6 Å². The first kappa shape index (κ1) is 10.3. The first-order chi connectivity index (χ1) is 8.33. The number of aromatic amines is 1. The highest BCUT2D eigenvalue weighted by Gasteiger charge is 2.02. The zero-order valence-corrected chi connectivity index (χ0v) is 10.2. The number of nitrogens with zero attached hydrogens (tertiary/aromatic N) is 4. The normalized spacial score (nSPS) is 10.6. The van der Waals surface area contributed by atoms with Gasteiger partial charge < -0.3 is 4.98 Å². The topological polar surface area (TPSA) is 59.4 Å². The lowest BCUT2D eigenvalue weighted by Gasteiger charge is -2.02. The average Bonchev–Trinajstić information content (AvgIpc) is 3.00. The highest BCUT2D eigenvalue weighted by Crippen LogP contribution is 2.22. The van der Waals surface area contributed by atoms with Gasteiger partial charge in [0, 0.05) is 10.9 Å². The molecule has 84 valence electrons. The molecule has 0 fully saturated rings. The number of aromatic nitrogens is 5. The minimum atomic E-state index is 0.771. The number of benzene rings is 1. The zero-order chi connectivity index (χ0) is 11.7. The largest absolute Gasteiger partial charge is 0.337 e. The molecule has 0 aliphatic carbocycles. The molecule has 1 aromatic carbocycles. The fourth-order valence-corrected chi connectivity index (χ4v) is 2.36. The third-order valence-electron chi connectivity index (χ3n) is 2.29. The van der Waals surface area contributed by atoms with Crippen molar-refractivity contribution >= 4 is 23.6 Å². The van der Waals surface area contributed by atoms with Crippen molar-refractivity contribution in [3.05, 3.63) is 39.9 Å². The van der Waals surface area contributed by atoms with E-state index in [-0.39, 0.29) is 0 Å². The molecule has 2 aromatic heterocycles. The van der Waals surface area contributed by atoms with Gasteiger partial charge in [0.2, 0.25) is 0 Å². The van der Waals surface area contributed by atoms with E-state index in [1.165, 1.54) is 11.3 Å². The van der Waals surface area contributed by atoms with Crippen molar-refractivity contribution in [1.29, 1.82) is 0 Å². The summed E-state index contributed by atoms with van der Waals surface area (Å²) in [6, 6.07) is 7.92. The summed E-state index contributed by atoms with van der Waals surface area (Å²) in [5, 5.41) is 13.1. The fraction of sp³-hybridized carbons (Fsp3) is 0. The van der Waals surface area contributed by atoms with Crippen LogP contribution < -0.4 is 0 Å². The summed E-state index contributed by atoms with van der Waals surface area (Å²) in [5.41, 5.74) is 2.98. The third-order valence-corrected chi connectivity index (χ3v) is 3.35. The first-order valence-electron chi connectivity index (χ1n) is 4.84. The maximum atomic E-state index is 5.07. The summed E-state index contributed by atoms with van der Waals surface area (Å²) in [7, 11) is 0. The molecule has 0 saturated heterocycles. The molecule has 0 spiro atoms. The number of nitrogens with one attached hydrogen (secondary N) is 1. The minimum Gasteiger partial charge on any atom is -0.337 e. The number of hydrogen-bond donors (Lipinski definition) is 1. The second-order valence-corrected chi connectivity index (χ2v) is 4.91.